The molecule has 0 fully saturated rings. The fourth-order valence-electron chi connectivity index (χ4n) is 1.34. The fraction of sp³-hybridized carbons (Fsp3) is 0.538. The predicted molar refractivity (Wildman–Crippen MR) is 67.2 cm³/mol. The van der Waals surface area contributed by atoms with Gasteiger partial charge in [-0.2, -0.15) is 0 Å². The Morgan fingerprint density at radius 3 is 2.37 bits per heavy atom. The topological polar surface area (TPSA) is 53.7 Å². The number of rotatable bonds is 10. The van der Waals surface area contributed by atoms with Gasteiger partial charge >= 0.3 is 0 Å². The highest BCUT2D eigenvalue weighted by Gasteiger charge is 2.04. The molecule has 0 unspecified atom stereocenters. The Balaban J connectivity index is 2.01. The van der Waals surface area contributed by atoms with E-state index in [0.717, 1.165) is 12.1 Å². The summed E-state index contributed by atoms with van der Waals surface area (Å²) in [5.74, 6) is -1.27. The minimum atomic E-state index is -0.698. The van der Waals surface area contributed by atoms with Crippen LogP contribution in [0.25, 0.3) is 0 Å². The van der Waals surface area contributed by atoms with Crippen molar-refractivity contribution in [3.05, 3.63) is 29.8 Å². The summed E-state index contributed by atoms with van der Waals surface area (Å²) >= 11 is 0. The zero-order valence-corrected chi connectivity index (χ0v) is 10.7. The molecule has 0 radical (unpaired) electrons. The molecular weight excluding hydrogens is 256 g/mol. The lowest BCUT2D eigenvalue weighted by Crippen LogP contribution is -2.13. The molecule has 0 saturated carbocycles. The second-order valence-corrected chi connectivity index (χ2v) is 3.79. The van der Waals surface area contributed by atoms with Crippen molar-refractivity contribution >= 4 is 0 Å². The van der Waals surface area contributed by atoms with Crippen LogP contribution in [0.5, 0.6) is 5.75 Å². The largest absolute Gasteiger partial charge is 0.490 e. The van der Waals surface area contributed by atoms with Gasteiger partial charge in [0.1, 0.15) is 5.82 Å². The number of hydrogen-bond donors (Lipinski definition) is 1. The van der Waals surface area contributed by atoms with Crippen LogP contribution < -0.4 is 10.5 Å². The van der Waals surface area contributed by atoms with Crippen LogP contribution in [0.2, 0.25) is 0 Å². The Kier molecular flexibility index (Phi) is 8.04. The van der Waals surface area contributed by atoms with E-state index in [-0.39, 0.29) is 5.75 Å². The van der Waals surface area contributed by atoms with Gasteiger partial charge in [-0.3, -0.25) is 0 Å². The average Bonchev–Trinajstić information content (AvgIpc) is 2.39. The van der Waals surface area contributed by atoms with Crippen molar-refractivity contribution < 1.29 is 23.0 Å². The molecule has 4 nitrogen and oxygen atoms in total. The van der Waals surface area contributed by atoms with E-state index in [1.54, 1.807) is 0 Å². The fourth-order valence-corrected chi connectivity index (χ4v) is 1.34. The van der Waals surface area contributed by atoms with E-state index in [1.165, 1.54) is 6.07 Å². The normalized spacial score (nSPS) is 10.7. The lowest BCUT2D eigenvalue weighted by atomic mass is 10.3. The molecule has 0 spiro atoms. The summed E-state index contributed by atoms with van der Waals surface area (Å²) in [6.45, 7) is 2.82. The zero-order chi connectivity index (χ0) is 13.9. The third kappa shape index (κ3) is 7.05. The highest BCUT2D eigenvalue weighted by molar-refractivity contribution is 5.24. The van der Waals surface area contributed by atoms with Crippen LogP contribution in [0.1, 0.15) is 6.42 Å². The van der Waals surface area contributed by atoms with Crippen molar-refractivity contribution in [2.24, 2.45) is 5.73 Å². The lowest BCUT2D eigenvalue weighted by Gasteiger charge is -2.08. The van der Waals surface area contributed by atoms with E-state index in [9.17, 15) is 8.78 Å². The van der Waals surface area contributed by atoms with E-state index in [0.29, 0.717) is 46.0 Å². The summed E-state index contributed by atoms with van der Waals surface area (Å²) in [6.07, 6.45) is 0.619. The van der Waals surface area contributed by atoms with Gasteiger partial charge in [0.2, 0.25) is 0 Å². The molecule has 0 aromatic heterocycles. The zero-order valence-electron chi connectivity index (χ0n) is 10.7. The van der Waals surface area contributed by atoms with Crippen LogP contribution in [0, 0.1) is 11.6 Å². The molecule has 0 amide bonds. The van der Waals surface area contributed by atoms with Crippen molar-refractivity contribution in [1.29, 1.82) is 0 Å². The van der Waals surface area contributed by atoms with E-state index in [1.807, 2.05) is 0 Å². The number of halogens is 2. The number of ether oxygens (including phenoxy) is 3. The van der Waals surface area contributed by atoms with Gasteiger partial charge < -0.3 is 19.9 Å². The predicted octanol–water partition coefficient (Wildman–Crippen LogP) is 1.73. The molecule has 1 aromatic rings. The monoisotopic (exact) mass is 275 g/mol. The lowest BCUT2D eigenvalue weighted by molar-refractivity contribution is 0.0462. The van der Waals surface area contributed by atoms with E-state index in [2.05, 4.69) is 0 Å². The van der Waals surface area contributed by atoms with Gasteiger partial charge in [0.25, 0.3) is 0 Å². The molecule has 0 aliphatic heterocycles. The van der Waals surface area contributed by atoms with E-state index in [4.69, 9.17) is 19.9 Å². The number of hydrogen-bond acceptors (Lipinski definition) is 4. The maximum absolute atomic E-state index is 13.2. The Bertz CT molecular complexity index is 364. The quantitative estimate of drug-likeness (QED) is 0.661. The smallest absolute Gasteiger partial charge is 0.167 e. The van der Waals surface area contributed by atoms with Gasteiger partial charge in [0.15, 0.2) is 11.6 Å². The molecule has 108 valence electrons. The standard InChI is InChI=1S/C13H19F2NO3/c14-11-2-3-13(12(15)10-11)19-6-1-5-17-8-9-18-7-4-16/h2-3,10H,1,4-9,16H2. The summed E-state index contributed by atoms with van der Waals surface area (Å²) in [6, 6.07) is 3.22. The molecule has 1 aromatic carbocycles. The van der Waals surface area contributed by atoms with Gasteiger partial charge in [-0.05, 0) is 12.1 Å². The highest BCUT2D eigenvalue weighted by atomic mass is 19.1. The first-order chi connectivity index (χ1) is 9.24. The van der Waals surface area contributed by atoms with Crippen LogP contribution in [-0.4, -0.2) is 39.6 Å². The SMILES string of the molecule is NCCOCCOCCCOc1ccc(F)cc1F. The van der Waals surface area contributed by atoms with Gasteiger partial charge in [-0.1, -0.05) is 0 Å². The summed E-state index contributed by atoms with van der Waals surface area (Å²) in [5.41, 5.74) is 5.25. The number of nitrogens with two attached hydrogens (primary N) is 1. The Labute approximate surface area is 111 Å². The van der Waals surface area contributed by atoms with Crippen molar-refractivity contribution in [1.82, 2.24) is 0 Å². The molecule has 0 bridgehead atoms. The Morgan fingerprint density at radius 1 is 0.947 bits per heavy atom. The average molecular weight is 275 g/mol. The third-order valence-electron chi connectivity index (χ3n) is 2.22. The summed E-state index contributed by atoms with van der Waals surface area (Å²) < 4.78 is 41.4. The van der Waals surface area contributed by atoms with E-state index < -0.39 is 11.6 Å². The minimum absolute atomic E-state index is 0.0488. The first-order valence-electron chi connectivity index (χ1n) is 6.17. The van der Waals surface area contributed by atoms with Gasteiger partial charge in [-0.15, -0.1) is 0 Å². The highest BCUT2D eigenvalue weighted by Crippen LogP contribution is 2.17. The summed E-state index contributed by atoms with van der Waals surface area (Å²) in [5, 5.41) is 0. The second kappa shape index (κ2) is 9.66. The molecule has 2 N–H and O–H groups in total. The third-order valence-corrected chi connectivity index (χ3v) is 2.22. The van der Waals surface area contributed by atoms with Crippen LogP contribution in [0.15, 0.2) is 18.2 Å². The Hall–Kier alpha value is -1.24. The maximum Gasteiger partial charge on any atom is 0.167 e. The second-order valence-electron chi connectivity index (χ2n) is 3.79. The van der Waals surface area contributed by atoms with E-state index >= 15 is 0 Å². The molecular formula is C13H19F2NO3. The first kappa shape index (κ1) is 15.8. The first-order valence-corrected chi connectivity index (χ1v) is 6.17. The van der Waals surface area contributed by atoms with Crippen LogP contribution in [0.3, 0.4) is 0 Å². The summed E-state index contributed by atoms with van der Waals surface area (Å²) in [7, 11) is 0. The van der Waals surface area contributed by atoms with Crippen molar-refractivity contribution in [2.45, 2.75) is 6.42 Å². The van der Waals surface area contributed by atoms with Gasteiger partial charge in [0, 0.05) is 25.6 Å². The van der Waals surface area contributed by atoms with Crippen molar-refractivity contribution in [2.75, 3.05) is 39.6 Å². The van der Waals surface area contributed by atoms with Crippen molar-refractivity contribution in [3.8, 4) is 5.75 Å². The van der Waals surface area contributed by atoms with Crippen LogP contribution >= 0.6 is 0 Å². The molecule has 0 atom stereocenters. The molecule has 6 heteroatoms. The number of benzene rings is 1. The molecule has 1 rings (SSSR count). The van der Waals surface area contributed by atoms with Crippen molar-refractivity contribution in [3.63, 3.8) is 0 Å². The molecule has 0 aliphatic rings. The van der Waals surface area contributed by atoms with Crippen LogP contribution in [-0.2, 0) is 9.47 Å². The molecule has 19 heavy (non-hydrogen) atoms. The van der Waals surface area contributed by atoms with Gasteiger partial charge in [0.05, 0.1) is 26.4 Å². The summed E-state index contributed by atoms with van der Waals surface area (Å²) in [4.78, 5) is 0. The van der Waals surface area contributed by atoms with Gasteiger partial charge in [-0.25, -0.2) is 8.78 Å². The van der Waals surface area contributed by atoms with Crippen LogP contribution in [0.4, 0.5) is 8.78 Å². The molecule has 0 heterocycles. The minimum Gasteiger partial charge on any atom is -0.490 e. The Morgan fingerprint density at radius 2 is 1.68 bits per heavy atom. The maximum atomic E-state index is 13.2. The molecule has 0 saturated heterocycles. The molecule has 0 aliphatic carbocycles.